The minimum Gasteiger partial charge on any atom is -0.480 e. The van der Waals surface area contributed by atoms with Gasteiger partial charge < -0.3 is 19.2 Å². The fourth-order valence-electron chi connectivity index (χ4n) is 1.60. The standard InChI is InChI=1S/C12H14N2O4/c1-17-7-6-14(8-11(15)16)12-13-9-4-2-3-5-10(9)18-12/h2-5H,6-8H2,1H3,(H,15,16). The lowest BCUT2D eigenvalue weighted by Gasteiger charge is -2.17. The predicted octanol–water partition coefficient (Wildman–Crippen LogP) is 1.37. The molecule has 0 saturated heterocycles. The molecule has 0 unspecified atom stereocenters. The van der Waals surface area contributed by atoms with Gasteiger partial charge in [-0.1, -0.05) is 12.1 Å². The maximum atomic E-state index is 10.8. The largest absolute Gasteiger partial charge is 0.480 e. The van der Waals surface area contributed by atoms with Gasteiger partial charge in [0, 0.05) is 13.7 Å². The zero-order valence-electron chi connectivity index (χ0n) is 10.00. The third-order valence-corrected chi connectivity index (χ3v) is 2.44. The van der Waals surface area contributed by atoms with Crippen LogP contribution in [0.15, 0.2) is 28.7 Å². The van der Waals surface area contributed by atoms with Crippen LogP contribution in [0.2, 0.25) is 0 Å². The number of aromatic nitrogens is 1. The number of hydrogen-bond donors (Lipinski definition) is 1. The van der Waals surface area contributed by atoms with Gasteiger partial charge in [0.25, 0.3) is 6.01 Å². The predicted molar refractivity (Wildman–Crippen MR) is 65.7 cm³/mol. The summed E-state index contributed by atoms with van der Waals surface area (Å²) in [5, 5.41) is 8.87. The van der Waals surface area contributed by atoms with Crippen LogP contribution < -0.4 is 4.90 Å². The van der Waals surface area contributed by atoms with Gasteiger partial charge in [0.15, 0.2) is 5.58 Å². The molecule has 1 heterocycles. The lowest BCUT2D eigenvalue weighted by molar-refractivity contribution is -0.135. The van der Waals surface area contributed by atoms with E-state index in [9.17, 15) is 4.79 Å². The lowest BCUT2D eigenvalue weighted by atomic mass is 10.3. The molecule has 96 valence electrons. The van der Waals surface area contributed by atoms with Gasteiger partial charge in [-0.2, -0.15) is 4.98 Å². The number of fused-ring (bicyclic) bond motifs is 1. The van der Waals surface area contributed by atoms with Gasteiger partial charge in [-0.25, -0.2) is 0 Å². The Balaban J connectivity index is 2.25. The molecular formula is C12H14N2O4. The number of methoxy groups -OCH3 is 1. The summed E-state index contributed by atoms with van der Waals surface area (Å²) < 4.78 is 10.5. The summed E-state index contributed by atoms with van der Waals surface area (Å²) in [6.45, 7) is 0.651. The molecule has 0 aliphatic heterocycles. The maximum absolute atomic E-state index is 10.8. The Kier molecular flexibility index (Phi) is 3.78. The molecule has 0 fully saturated rings. The number of rotatable bonds is 6. The van der Waals surface area contributed by atoms with E-state index in [0.717, 1.165) is 0 Å². The zero-order valence-corrected chi connectivity index (χ0v) is 10.00. The Bertz CT molecular complexity index is 505. The fraction of sp³-hybridized carbons (Fsp3) is 0.333. The van der Waals surface area contributed by atoms with Crippen molar-refractivity contribution in [1.29, 1.82) is 0 Å². The molecule has 18 heavy (non-hydrogen) atoms. The topological polar surface area (TPSA) is 75.8 Å². The molecular weight excluding hydrogens is 236 g/mol. The van der Waals surface area contributed by atoms with Gasteiger partial charge in [-0.15, -0.1) is 0 Å². The number of para-hydroxylation sites is 2. The second-order valence-corrected chi connectivity index (χ2v) is 3.77. The third kappa shape index (κ3) is 2.78. The van der Waals surface area contributed by atoms with Crippen LogP contribution in [0.1, 0.15) is 0 Å². The first-order valence-electron chi connectivity index (χ1n) is 5.52. The summed E-state index contributed by atoms with van der Waals surface area (Å²) in [6, 6.07) is 7.61. The van der Waals surface area contributed by atoms with Crippen molar-refractivity contribution >= 4 is 23.1 Å². The van der Waals surface area contributed by atoms with Gasteiger partial charge in [-0.3, -0.25) is 4.79 Å². The smallest absolute Gasteiger partial charge is 0.323 e. The monoisotopic (exact) mass is 250 g/mol. The maximum Gasteiger partial charge on any atom is 0.323 e. The number of carboxylic acid groups (broad SMARTS) is 1. The van der Waals surface area contributed by atoms with Gasteiger partial charge in [0.2, 0.25) is 0 Å². The van der Waals surface area contributed by atoms with Gasteiger partial charge >= 0.3 is 5.97 Å². The zero-order chi connectivity index (χ0) is 13.0. The van der Waals surface area contributed by atoms with Crippen LogP contribution in [0.5, 0.6) is 0 Å². The number of benzene rings is 1. The van der Waals surface area contributed by atoms with E-state index in [0.29, 0.717) is 30.3 Å². The molecule has 0 amide bonds. The van der Waals surface area contributed by atoms with Crippen LogP contribution in [0.3, 0.4) is 0 Å². The molecule has 1 N–H and O–H groups in total. The summed E-state index contributed by atoms with van der Waals surface area (Å²) in [5.41, 5.74) is 1.35. The van der Waals surface area contributed by atoms with Crippen molar-refractivity contribution in [2.45, 2.75) is 0 Å². The van der Waals surface area contributed by atoms with Crippen molar-refractivity contribution in [1.82, 2.24) is 4.98 Å². The third-order valence-electron chi connectivity index (χ3n) is 2.44. The minimum atomic E-state index is -0.937. The molecule has 2 aromatic rings. The Morgan fingerprint density at radius 3 is 2.94 bits per heavy atom. The number of carboxylic acids is 1. The van der Waals surface area contributed by atoms with Gasteiger partial charge in [0.1, 0.15) is 12.1 Å². The summed E-state index contributed by atoms with van der Waals surface area (Å²) >= 11 is 0. The molecule has 1 aromatic carbocycles. The van der Waals surface area contributed by atoms with Crippen molar-refractivity contribution < 1.29 is 19.1 Å². The Labute approximate surface area is 104 Å². The molecule has 0 saturated carbocycles. The highest BCUT2D eigenvalue weighted by Gasteiger charge is 2.16. The molecule has 0 atom stereocenters. The van der Waals surface area contributed by atoms with E-state index in [2.05, 4.69) is 4.98 Å². The van der Waals surface area contributed by atoms with E-state index in [4.69, 9.17) is 14.3 Å². The molecule has 0 aliphatic rings. The second-order valence-electron chi connectivity index (χ2n) is 3.77. The second kappa shape index (κ2) is 5.50. The summed E-state index contributed by atoms with van der Waals surface area (Å²) in [4.78, 5) is 16.6. The molecule has 2 rings (SSSR count). The molecule has 6 heteroatoms. The normalized spacial score (nSPS) is 10.7. The first-order valence-corrected chi connectivity index (χ1v) is 5.52. The van der Waals surface area contributed by atoms with E-state index >= 15 is 0 Å². The summed E-state index contributed by atoms with van der Waals surface area (Å²) in [5.74, 6) is -0.937. The molecule has 0 bridgehead atoms. The van der Waals surface area contributed by atoms with Crippen LogP contribution in [-0.4, -0.2) is 42.9 Å². The Morgan fingerprint density at radius 2 is 2.28 bits per heavy atom. The average molecular weight is 250 g/mol. The van der Waals surface area contributed by atoms with Crippen molar-refractivity contribution in [2.24, 2.45) is 0 Å². The van der Waals surface area contributed by atoms with Crippen molar-refractivity contribution in [2.75, 3.05) is 31.7 Å². The molecule has 0 aliphatic carbocycles. The molecule has 0 radical (unpaired) electrons. The van der Waals surface area contributed by atoms with Gasteiger partial charge in [0.05, 0.1) is 6.61 Å². The van der Waals surface area contributed by atoms with E-state index in [-0.39, 0.29) is 6.54 Å². The number of oxazole rings is 1. The Hall–Kier alpha value is -2.08. The molecule has 1 aromatic heterocycles. The SMILES string of the molecule is COCCN(CC(=O)O)c1nc2ccccc2o1. The number of hydrogen-bond acceptors (Lipinski definition) is 5. The Morgan fingerprint density at radius 1 is 1.50 bits per heavy atom. The molecule has 0 spiro atoms. The van der Waals surface area contributed by atoms with Gasteiger partial charge in [-0.05, 0) is 12.1 Å². The average Bonchev–Trinajstić information content (AvgIpc) is 2.77. The quantitative estimate of drug-likeness (QED) is 0.834. The summed E-state index contributed by atoms with van der Waals surface area (Å²) in [7, 11) is 1.56. The molecule has 6 nitrogen and oxygen atoms in total. The van der Waals surface area contributed by atoms with E-state index in [1.54, 1.807) is 13.2 Å². The van der Waals surface area contributed by atoms with Crippen LogP contribution >= 0.6 is 0 Å². The minimum absolute atomic E-state index is 0.170. The first-order chi connectivity index (χ1) is 8.70. The van der Waals surface area contributed by atoms with E-state index < -0.39 is 5.97 Å². The van der Waals surface area contributed by atoms with Crippen LogP contribution in [-0.2, 0) is 9.53 Å². The summed E-state index contributed by atoms with van der Waals surface area (Å²) in [6.07, 6.45) is 0. The lowest BCUT2D eigenvalue weighted by Crippen LogP contribution is -2.32. The van der Waals surface area contributed by atoms with Crippen LogP contribution in [0, 0.1) is 0 Å². The van der Waals surface area contributed by atoms with Crippen molar-refractivity contribution in [3.8, 4) is 0 Å². The number of aliphatic carboxylic acids is 1. The number of ether oxygens (including phenoxy) is 1. The number of carbonyl (C=O) groups is 1. The van der Waals surface area contributed by atoms with Crippen LogP contribution in [0.25, 0.3) is 11.1 Å². The van der Waals surface area contributed by atoms with E-state index in [1.807, 2.05) is 18.2 Å². The number of anilines is 1. The first kappa shape index (κ1) is 12.4. The van der Waals surface area contributed by atoms with Crippen molar-refractivity contribution in [3.05, 3.63) is 24.3 Å². The van der Waals surface area contributed by atoms with Crippen molar-refractivity contribution in [3.63, 3.8) is 0 Å². The highest BCUT2D eigenvalue weighted by atomic mass is 16.5. The highest BCUT2D eigenvalue weighted by molar-refractivity contribution is 5.76. The van der Waals surface area contributed by atoms with E-state index in [1.165, 1.54) is 4.90 Å². The number of nitrogens with zero attached hydrogens (tertiary/aromatic N) is 2. The van der Waals surface area contributed by atoms with Crippen LogP contribution in [0.4, 0.5) is 6.01 Å². The highest BCUT2D eigenvalue weighted by Crippen LogP contribution is 2.21. The fourth-order valence-corrected chi connectivity index (χ4v) is 1.60.